The zero-order valence-corrected chi connectivity index (χ0v) is 5.21. The first-order valence-electron chi connectivity index (χ1n) is 1.81. The molecule has 0 rings (SSSR count). The van der Waals surface area contributed by atoms with Crippen molar-refractivity contribution in [2.75, 3.05) is 0 Å². The lowest BCUT2D eigenvalue weighted by Gasteiger charge is -1.93. The van der Waals surface area contributed by atoms with Gasteiger partial charge in [0.25, 0.3) is 0 Å². The van der Waals surface area contributed by atoms with Crippen molar-refractivity contribution in [3.8, 4) is 0 Å². The van der Waals surface area contributed by atoms with Crippen LogP contribution in [0.1, 0.15) is 0 Å². The summed E-state index contributed by atoms with van der Waals surface area (Å²) in [6.07, 6.45) is 0. The van der Waals surface area contributed by atoms with Gasteiger partial charge < -0.3 is 0 Å². The molecular formula is C2H6N2O2Si. The Kier molecular flexibility index (Phi) is 1.76. The van der Waals surface area contributed by atoms with Gasteiger partial charge in [0.2, 0.25) is 0 Å². The Balaban J connectivity index is 3.82. The van der Waals surface area contributed by atoms with Crippen LogP contribution in [0.3, 0.4) is 0 Å². The quantitative estimate of drug-likeness (QED) is 0.404. The highest BCUT2D eigenvalue weighted by molar-refractivity contribution is 6.73. The molecule has 0 amide bonds. The summed E-state index contributed by atoms with van der Waals surface area (Å²) >= 11 is 0. The van der Waals surface area contributed by atoms with Gasteiger partial charge in [-0.3, -0.25) is 0 Å². The van der Waals surface area contributed by atoms with Crippen LogP contribution in [-0.4, -0.2) is 8.40 Å². The van der Waals surface area contributed by atoms with Gasteiger partial charge in [0.15, 0.2) is 0 Å². The zero-order valence-electron chi connectivity index (χ0n) is 4.21. The second-order valence-electron chi connectivity index (χ2n) is 1.68. The normalized spacial score (nSPS) is 10.6. The minimum atomic E-state index is -2.51. The molecule has 0 unspecified atom stereocenters. The van der Waals surface area contributed by atoms with Crippen molar-refractivity contribution < 1.29 is 0 Å². The summed E-state index contributed by atoms with van der Waals surface area (Å²) in [5.41, 5.74) is 0. The Bertz CT molecular complexity index is 81.7. The molecule has 0 aliphatic heterocycles. The molecule has 7 heavy (non-hydrogen) atoms. The predicted octanol–water partition coefficient (Wildman–Crippen LogP) is 1.22. The second kappa shape index (κ2) is 1.92. The van der Waals surface area contributed by atoms with Crippen molar-refractivity contribution >= 4 is 8.40 Å². The molecular weight excluding hydrogens is 112 g/mol. The molecule has 0 aromatic heterocycles. The van der Waals surface area contributed by atoms with E-state index in [-0.39, 0.29) is 0 Å². The van der Waals surface area contributed by atoms with Gasteiger partial charge in [-0.25, -0.2) is 0 Å². The average Bonchev–Trinajstić information content (AvgIpc) is 1.68. The molecule has 5 heteroatoms. The molecule has 0 saturated carbocycles. The highest BCUT2D eigenvalue weighted by atomic mass is 28.3. The van der Waals surface area contributed by atoms with Crippen LogP contribution in [0.5, 0.6) is 0 Å². The van der Waals surface area contributed by atoms with Gasteiger partial charge in [0, 0.05) is 0 Å². The van der Waals surface area contributed by atoms with Crippen LogP contribution >= 0.6 is 0 Å². The van der Waals surface area contributed by atoms with Gasteiger partial charge in [0.05, 0.1) is 0 Å². The molecule has 0 N–H and O–H groups in total. The molecule has 0 aromatic carbocycles. The topological polar surface area (TPSA) is 58.9 Å². The predicted molar refractivity (Wildman–Crippen MR) is 29.1 cm³/mol. The third kappa shape index (κ3) is 2.16. The molecule has 0 bridgehead atoms. The molecule has 0 fully saturated rings. The summed E-state index contributed by atoms with van der Waals surface area (Å²) in [5.74, 6) is 0. The van der Waals surface area contributed by atoms with Gasteiger partial charge >= 0.3 is 8.40 Å². The molecule has 0 aliphatic carbocycles. The maximum atomic E-state index is 9.58. The number of rotatable bonds is 2. The SMILES string of the molecule is C[Si](C)(N=O)N=O. The molecule has 0 aromatic rings. The fourth-order valence-electron chi connectivity index (χ4n) is 0.0167. The van der Waals surface area contributed by atoms with E-state index in [2.05, 4.69) is 9.68 Å². The largest absolute Gasteiger partial charge is 0.402 e. The molecule has 0 atom stereocenters. The van der Waals surface area contributed by atoms with Gasteiger partial charge in [-0.1, -0.05) is 9.68 Å². The van der Waals surface area contributed by atoms with E-state index in [9.17, 15) is 9.81 Å². The molecule has 0 radical (unpaired) electrons. The van der Waals surface area contributed by atoms with Crippen LogP contribution in [0.15, 0.2) is 9.68 Å². The van der Waals surface area contributed by atoms with E-state index < -0.39 is 8.40 Å². The van der Waals surface area contributed by atoms with Gasteiger partial charge in [-0.15, -0.1) is 0 Å². The summed E-state index contributed by atoms with van der Waals surface area (Å²) < 4.78 is 0. The monoisotopic (exact) mass is 118 g/mol. The number of nitrogens with zero attached hydrogens (tertiary/aromatic N) is 2. The number of hydrogen-bond donors (Lipinski definition) is 0. The third-order valence-corrected chi connectivity index (χ3v) is 1.34. The smallest absolute Gasteiger partial charge is 0.160 e. The highest BCUT2D eigenvalue weighted by Gasteiger charge is 2.24. The van der Waals surface area contributed by atoms with Crippen LogP contribution in [0.2, 0.25) is 13.1 Å². The van der Waals surface area contributed by atoms with Crippen molar-refractivity contribution in [3.63, 3.8) is 0 Å². The minimum Gasteiger partial charge on any atom is -0.160 e. The average molecular weight is 118 g/mol. The van der Waals surface area contributed by atoms with Crippen LogP contribution in [0.25, 0.3) is 0 Å². The first kappa shape index (κ1) is 6.42. The van der Waals surface area contributed by atoms with Gasteiger partial charge in [-0.2, -0.15) is 9.81 Å². The van der Waals surface area contributed by atoms with Crippen molar-refractivity contribution in [1.82, 2.24) is 0 Å². The van der Waals surface area contributed by atoms with Crippen molar-refractivity contribution in [1.29, 1.82) is 0 Å². The van der Waals surface area contributed by atoms with E-state index >= 15 is 0 Å². The molecule has 0 spiro atoms. The van der Waals surface area contributed by atoms with Crippen LogP contribution in [-0.2, 0) is 0 Å². The van der Waals surface area contributed by atoms with Crippen LogP contribution in [0, 0.1) is 9.81 Å². The first-order valence-corrected chi connectivity index (χ1v) is 4.71. The molecule has 0 aliphatic rings. The molecule has 40 valence electrons. The maximum Gasteiger partial charge on any atom is 0.402 e. The van der Waals surface area contributed by atoms with Gasteiger partial charge in [0.1, 0.15) is 0 Å². The lowest BCUT2D eigenvalue weighted by molar-refractivity contribution is 1.44. The van der Waals surface area contributed by atoms with Gasteiger partial charge in [-0.05, 0) is 13.1 Å². The Morgan fingerprint density at radius 1 is 1.14 bits per heavy atom. The molecule has 0 saturated heterocycles. The van der Waals surface area contributed by atoms with E-state index in [4.69, 9.17) is 0 Å². The van der Waals surface area contributed by atoms with Crippen molar-refractivity contribution in [3.05, 3.63) is 9.81 Å². The Morgan fingerprint density at radius 2 is 1.43 bits per heavy atom. The van der Waals surface area contributed by atoms with E-state index in [0.717, 1.165) is 0 Å². The lowest BCUT2D eigenvalue weighted by atomic mass is 11.9. The van der Waals surface area contributed by atoms with Crippen LogP contribution in [0.4, 0.5) is 0 Å². The maximum absolute atomic E-state index is 9.58. The Morgan fingerprint density at radius 3 is 1.43 bits per heavy atom. The lowest BCUT2D eigenvalue weighted by Crippen LogP contribution is -2.16. The minimum absolute atomic E-state index is 1.48. The van der Waals surface area contributed by atoms with E-state index in [1.165, 1.54) is 13.1 Å². The Hall–Kier alpha value is -0.583. The van der Waals surface area contributed by atoms with Crippen molar-refractivity contribution in [2.24, 2.45) is 9.68 Å². The summed E-state index contributed by atoms with van der Waals surface area (Å²) in [6, 6.07) is 0. The standard InChI is InChI=1S/C2H6N2O2Si/c1-7(2,3-5)4-6/h1-2H3. The van der Waals surface area contributed by atoms with E-state index in [1.807, 2.05) is 0 Å². The summed E-state index contributed by atoms with van der Waals surface area (Å²) in [6.45, 7) is 2.96. The highest BCUT2D eigenvalue weighted by Crippen LogP contribution is 2.01. The van der Waals surface area contributed by atoms with Crippen molar-refractivity contribution in [2.45, 2.75) is 13.1 Å². The molecule has 0 heterocycles. The second-order valence-corrected chi connectivity index (χ2v) is 5.03. The summed E-state index contributed by atoms with van der Waals surface area (Å²) in [7, 11) is -2.51. The zero-order chi connectivity index (χ0) is 5.91. The fraction of sp³-hybridized carbons (Fsp3) is 1.00. The first-order chi connectivity index (χ1) is 3.12. The van der Waals surface area contributed by atoms with E-state index in [0.29, 0.717) is 0 Å². The summed E-state index contributed by atoms with van der Waals surface area (Å²) in [5, 5.41) is 0. The summed E-state index contributed by atoms with van der Waals surface area (Å²) in [4.78, 5) is 24.2. The molecule has 4 nitrogen and oxygen atoms in total. The van der Waals surface area contributed by atoms with Crippen LogP contribution < -0.4 is 0 Å². The fourth-order valence-corrected chi connectivity index (χ4v) is 0.0500. The number of hydrogen-bond acceptors (Lipinski definition) is 4. The Labute approximate surface area is 42.0 Å². The third-order valence-electron chi connectivity index (χ3n) is 0.447. The number of nitroso groups, excluding NO2 is 2. The van der Waals surface area contributed by atoms with E-state index in [1.54, 1.807) is 0 Å².